The second-order valence-electron chi connectivity index (χ2n) is 4.94. The maximum Gasteiger partial charge on any atom is 0.237 e. The SMILES string of the molecule is CC(C)NC(=O)C(C)NCC1CCCCN1. The predicted molar refractivity (Wildman–Crippen MR) is 66.4 cm³/mol. The first-order valence-electron chi connectivity index (χ1n) is 6.36. The zero-order valence-corrected chi connectivity index (χ0v) is 10.7. The summed E-state index contributed by atoms with van der Waals surface area (Å²) in [5, 5.41) is 9.65. The zero-order valence-electron chi connectivity index (χ0n) is 10.7. The summed E-state index contributed by atoms with van der Waals surface area (Å²) in [6.07, 6.45) is 3.79. The topological polar surface area (TPSA) is 53.2 Å². The van der Waals surface area contributed by atoms with Crippen LogP contribution in [0, 0.1) is 0 Å². The smallest absolute Gasteiger partial charge is 0.237 e. The molecule has 0 spiro atoms. The van der Waals surface area contributed by atoms with Gasteiger partial charge in [-0.2, -0.15) is 0 Å². The summed E-state index contributed by atoms with van der Waals surface area (Å²) in [5.74, 6) is 0.0887. The average molecular weight is 227 g/mol. The molecule has 2 unspecified atom stereocenters. The largest absolute Gasteiger partial charge is 0.353 e. The normalized spacial score (nSPS) is 23.1. The number of amides is 1. The van der Waals surface area contributed by atoms with E-state index in [0.717, 1.165) is 13.1 Å². The molecule has 1 saturated heterocycles. The minimum atomic E-state index is -0.105. The number of carbonyl (C=O) groups is 1. The molecule has 0 bridgehead atoms. The monoisotopic (exact) mass is 227 g/mol. The summed E-state index contributed by atoms with van der Waals surface area (Å²) < 4.78 is 0. The van der Waals surface area contributed by atoms with E-state index in [1.54, 1.807) is 0 Å². The van der Waals surface area contributed by atoms with Crippen LogP contribution in [0.15, 0.2) is 0 Å². The van der Waals surface area contributed by atoms with Crippen molar-refractivity contribution in [3.8, 4) is 0 Å². The number of hydrogen-bond acceptors (Lipinski definition) is 3. The van der Waals surface area contributed by atoms with Gasteiger partial charge < -0.3 is 16.0 Å². The van der Waals surface area contributed by atoms with E-state index in [0.29, 0.717) is 6.04 Å². The van der Waals surface area contributed by atoms with Crippen LogP contribution in [0.4, 0.5) is 0 Å². The molecule has 0 radical (unpaired) electrons. The summed E-state index contributed by atoms with van der Waals surface area (Å²) in [6, 6.07) is 0.638. The van der Waals surface area contributed by atoms with Crippen LogP contribution in [0.2, 0.25) is 0 Å². The highest BCUT2D eigenvalue weighted by Crippen LogP contribution is 2.05. The molecule has 0 saturated carbocycles. The highest BCUT2D eigenvalue weighted by atomic mass is 16.2. The Hall–Kier alpha value is -0.610. The van der Waals surface area contributed by atoms with Crippen LogP contribution in [0.25, 0.3) is 0 Å². The van der Waals surface area contributed by atoms with Crippen molar-refractivity contribution < 1.29 is 4.79 Å². The van der Waals surface area contributed by atoms with Crippen molar-refractivity contribution in [2.24, 2.45) is 0 Å². The van der Waals surface area contributed by atoms with Gasteiger partial charge in [-0.05, 0) is 40.2 Å². The van der Waals surface area contributed by atoms with Gasteiger partial charge in [0.25, 0.3) is 0 Å². The summed E-state index contributed by atoms with van der Waals surface area (Å²) in [6.45, 7) is 7.87. The second-order valence-corrected chi connectivity index (χ2v) is 4.94. The van der Waals surface area contributed by atoms with Gasteiger partial charge in [-0.3, -0.25) is 4.79 Å². The highest BCUT2D eigenvalue weighted by molar-refractivity contribution is 5.81. The lowest BCUT2D eigenvalue weighted by molar-refractivity contribution is -0.123. The zero-order chi connectivity index (χ0) is 12.0. The third-order valence-electron chi connectivity index (χ3n) is 2.91. The molecule has 2 atom stereocenters. The van der Waals surface area contributed by atoms with Gasteiger partial charge in [0.05, 0.1) is 6.04 Å². The molecule has 1 amide bonds. The molecule has 3 N–H and O–H groups in total. The van der Waals surface area contributed by atoms with Crippen molar-refractivity contribution in [2.75, 3.05) is 13.1 Å². The van der Waals surface area contributed by atoms with Gasteiger partial charge >= 0.3 is 0 Å². The molecule has 1 aliphatic rings. The molecule has 16 heavy (non-hydrogen) atoms. The van der Waals surface area contributed by atoms with Crippen LogP contribution in [0.5, 0.6) is 0 Å². The Bertz CT molecular complexity index is 212. The maximum absolute atomic E-state index is 11.6. The number of carbonyl (C=O) groups excluding carboxylic acids is 1. The molecule has 0 aromatic rings. The van der Waals surface area contributed by atoms with Crippen LogP contribution in [0.1, 0.15) is 40.0 Å². The molecule has 4 nitrogen and oxygen atoms in total. The molecular weight excluding hydrogens is 202 g/mol. The van der Waals surface area contributed by atoms with Crippen molar-refractivity contribution in [1.29, 1.82) is 0 Å². The number of rotatable bonds is 5. The first-order chi connectivity index (χ1) is 7.59. The quantitative estimate of drug-likeness (QED) is 0.646. The van der Waals surface area contributed by atoms with Crippen LogP contribution < -0.4 is 16.0 Å². The van der Waals surface area contributed by atoms with E-state index in [1.165, 1.54) is 19.3 Å². The lowest BCUT2D eigenvalue weighted by atomic mass is 10.0. The van der Waals surface area contributed by atoms with Crippen molar-refractivity contribution in [3.63, 3.8) is 0 Å². The fraction of sp³-hybridized carbons (Fsp3) is 0.917. The Labute approximate surface area is 98.6 Å². The summed E-state index contributed by atoms with van der Waals surface area (Å²) in [7, 11) is 0. The molecule has 1 aliphatic heterocycles. The minimum absolute atomic E-state index is 0.0887. The van der Waals surface area contributed by atoms with E-state index in [1.807, 2.05) is 20.8 Å². The Morgan fingerprint density at radius 2 is 2.12 bits per heavy atom. The molecule has 4 heteroatoms. The van der Waals surface area contributed by atoms with Crippen molar-refractivity contribution >= 4 is 5.91 Å². The van der Waals surface area contributed by atoms with Gasteiger partial charge in [-0.25, -0.2) is 0 Å². The standard InChI is InChI=1S/C12H25N3O/c1-9(2)15-12(16)10(3)14-8-11-6-4-5-7-13-11/h9-11,13-14H,4-8H2,1-3H3,(H,15,16). The number of hydrogen-bond donors (Lipinski definition) is 3. The van der Waals surface area contributed by atoms with Crippen molar-refractivity contribution in [3.05, 3.63) is 0 Å². The average Bonchev–Trinajstić information content (AvgIpc) is 2.26. The van der Waals surface area contributed by atoms with Crippen molar-refractivity contribution in [2.45, 2.75) is 58.2 Å². The Balaban J connectivity index is 2.17. The number of nitrogens with one attached hydrogen (secondary N) is 3. The van der Waals surface area contributed by atoms with E-state index in [9.17, 15) is 4.79 Å². The number of piperidine rings is 1. The van der Waals surface area contributed by atoms with Gasteiger partial charge in [0.15, 0.2) is 0 Å². The summed E-state index contributed by atoms with van der Waals surface area (Å²) in [4.78, 5) is 11.6. The van der Waals surface area contributed by atoms with E-state index < -0.39 is 0 Å². The maximum atomic E-state index is 11.6. The molecule has 1 heterocycles. The van der Waals surface area contributed by atoms with Crippen LogP contribution in [0.3, 0.4) is 0 Å². The van der Waals surface area contributed by atoms with Crippen LogP contribution >= 0.6 is 0 Å². The third-order valence-corrected chi connectivity index (χ3v) is 2.91. The first kappa shape index (κ1) is 13.5. The third kappa shape index (κ3) is 4.94. The lowest BCUT2D eigenvalue weighted by Crippen LogP contribution is -2.49. The fourth-order valence-corrected chi connectivity index (χ4v) is 1.92. The van der Waals surface area contributed by atoms with E-state index in [2.05, 4.69) is 16.0 Å². The van der Waals surface area contributed by atoms with E-state index in [-0.39, 0.29) is 18.0 Å². The van der Waals surface area contributed by atoms with Crippen molar-refractivity contribution in [1.82, 2.24) is 16.0 Å². The molecule has 94 valence electrons. The summed E-state index contributed by atoms with van der Waals surface area (Å²) in [5.41, 5.74) is 0. The predicted octanol–water partition coefficient (Wildman–Crippen LogP) is 0.631. The Morgan fingerprint density at radius 1 is 1.38 bits per heavy atom. The van der Waals surface area contributed by atoms with Gasteiger partial charge in [0.2, 0.25) is 5.91 Å². The van der Waals surface area contributed by atoms with Gasteiger partial charge in [0.1, 0.15) is 0 Å². The van der Waals surface area contributed by atoms with Gasteiger partial charge in [0, 0.05) is 18.6 Å². The molecule has 0 aromatic carbocycles. The molecular formula is C12H25N3O. The Kier molecular flexibility index (Phi) is 5.77. The molecule has 0 aliphatic carbocycles. The molecule has 1 rings (SSSR count). The summed E-state index contributed by atoms with van der Waals surface area (Å²) >= 11 is 0. The van der Waals surface area contributed by atoms with E-state index in [4.69, 9.17) is 0 Å². The highest BCUT2D eigenvalue weighted by Gasteiger charge is 2.16. The van der Waals surface area contributed by atoms with Crippen LogP contribution in [-0.2, 0) is 4.79 Å². The minimum Gasteiger partial charge on any atom is -0.353 e. The van der Waals surface area contributed by atoms with Crippen LogP contribution in [-0.4, -0.2) is 37.1 Å². The molecule has 1 fully saturated rings. The Morgan fingerprint density at radius 3 is 2.69 bits per heavy atom. The first-order valence-corrected chi connectivity index (χ1v) is 6.36. The lowest BCUT2D eigenvalue weighted by Gasteiger charge is -2.25. The van der Waals surface area contributed by atoms with Gasteiger partial charge in [-0.1, -0.05) is 6.42 Å². The molecule has 0 aromatic heterocycles. The fourth-order valence-electron chi connectivity index (χ4n) is 1.92. The van der Waals surface area contributed by atoms with E-state index >= 15 is 0 Å². The second kappa shape index (κ2) is 6.86. The van der Waals surface area contributed by atoms with Gasteiger partial charge in [-0.15, -0.1) is 0 Å².